The molecule has 3 atom stereocenters. The Labute approximate surface area is 261 Å². The van der Waals surface area contributed by atoms with Gasteiger partial charge in [0.2, 0.25) is 11.5 Å². The Morgan fingerprint density at radius 2 is 1.67 bits per heavy atom. The number of aliphatic hydroxyl groups excluding tert-OH is 1. The second kappa shape index (κ2) is 16.9. The maximum atomic E-state index is 14.0. The Bertz CT molecular complexity index is 1570. The number of aryl methyl sites for hydroxylation is 1. The number of aromatic amines is 1. The highest BCUT2D eigenvalue weighted by Gasteiger charge is 2.31. The molecule has 0 aliphatic heterocycles. The van der Waals surface area contributed by atoms with Crippen LogP contribution in [0.25, 0.3) is 0 Å². The molecule has 2 amide bonds. The number of halogens is 2. The van der Waals surface area contributed by atoms with Crippen LogP contribution in [0.2, 0.25) is 0 Å². The van der Waals surface area contributed by atoms with Crippen molar-refractivity contribution in [1.29, 1.82) is 0 Å². The Balaban J connectivity index is 1.83. The molecular formula is C32H40F2N4O6S. The van der Waals surface area contributed by atoms with Crippen LogP contribution in [0.3, 0.4) is 0 Å². The van der Waals surface area contributed by atoms with E-state index in [1.165, 1.54) is 6.07 Å². The largest absolute Gasteiger partial charge is 0.390 e. The number of aromatic nitrogens is 1. The molecule has 0 bridgehead atoms. The lowest BCUT2D eigenvalue weighted by Gasteiger charge is -2.27. The third kappa shape index (κ3) is 11.8. The van der Waals surface area contributed by atoms with Crippen LogP contribution in [0.1, 0.15) is 53.7 Å². The minimum absolute atomic E-state index is 0.0125. The number of carbonyl (C=O) groups excluding carboxylic acids is 2. The van der Waals surface area contributed by atoms with Crippen LogP contribution in [0.15, 0.2) is 65.6 Å². The average molecular weight is 647 g/mol. The van der Waals surface area contributed by atoms with Crippen molar-refractivity contribution in [2.24, 2.45) is 0 Å². The molecule has 45 heavy (non-hydrogen) atoms. The zero-order valence-corrected chi connectivity index (χ0v) is 26.1. The van der Waals surface area contributed by atoms with Crippen molar-refractivity contribution in [2.75, 3.05) is 18.1 Å². The number of hydrogen-bond acceptors (Lipinski definition) is 7. The van der Waals surface area contributed by atoms with Gasteiger partial charge in [-0.3, -0.25) is 14.4 Å². The number of H-pyrrole nitrogens is 1. The van der Waals surface area contributed by atoms with Crippen molar-refractivity contribution in [3.8, 4) is 0 Å². The van der Waals surface area contributed by atoms with Crippen LogP contribution < -0.4 is 21.5 Å². The highest BCUT2D eigenvalue weighted by molar-refractivity contribution is 7.91. The smallest absolute Gasteiger partial charge is 0.253 e. The predicted molar refractivity (Wildman–Crippen MR) is 167 cm³/mol. The molecule has 0 saturated heterocycles. The molecule has 0 aliphatic rings. The standard InChI is InChI=1S/C32H40F2N4O6S/c1-3-5-11-45(43,44)20-28(38-31(41)24-9-10-30(40)36-18-24)32(42)37-27(15-23-13-25(33)16-26(34)14-23)29(39)19-35-17-22-8-6-7-21(4-2)12-22/h6-10,12-14,16,18,27-29,35,39H,3-5,11,15,17,19-20H2,1-2H3,(H,36,40)(H,37,42)(H,38,41)/t27-,28+,29+/m0/s1. The summed E-state index contributed by atoms with van der Waals surface area (Å²) in [5, 5.41) is 19.3. The molecule has 10 nitrogen and oxygen atoms in total. The minimum Gasteiger partial charge on any atom is -0.390 e. The number of pyridine rings is 1. The van der Waals surface area contributed by atoms with Gasteiger partial charge in [-0.15, -0.1) is 0 Å². The first-order valence-electron chi connectivity index (χ1n) is 14.8. The second-order valence-electron chi connectivity index (χ2n) is 10.9. The van der Waals surface area contributed by atoms with Gasteiger partial charge in [-0.1, -0.05) is 44.5 Å². The maximum Gasteiger partial charge on any atom is 0.253 e. The highest BCUT2D eigenvalue weighted by atomic mass is 32.2. The molecule has 13 heteroatoms. The van der Waals surface area contributed by atoms with Crippen molar-refractivity contribution in [2.45, 2.75) is 64.3 Å². The Morgan fingerprint density at radius 3 is 2.31 bits per heavy atom. The number of rotatable bonds is 17. The van der Waals surface area contributed by atoms with Crippen molar-refractivity contribution < 1.29 is 31.9 Å². The molecule has 3 rings (SSSR count). The number of benzene rings is 2. The second-order valence-corrected chi connectivity index (χ2v) is 13.1. The van der Waals surface area contributed by atoms with Gasteiger partial charge in [-0.05, 0) is 54.2 Å². The van der Waals surface area contributed by atoms with E-state index in [1.807, 2.05) is 38.1 Å². The fourth-order valence-corrected chi connectivity index (χ4v) is 6.33. The number of hydrogen-bond donors (Lipinski definition) is 5. The van der Waals surface area contributed by atoms with Crippen LogP contribution in [-0.4, -0.2) is 66.6 Å². The average Bonchev–Trinajstić information content (AvgIpc) is 2.99. The van der Waals surface area contributed by atoms with E-state index in [0.717, 1.165) is 41.9 Å². The van der Waals surface area contributed by atoms with Crippen LogP contribution in [0.4, 0.5) is 8.78 Å². The lowest BCUT2D eigenvalue weighted by Crippen LogP contribution is -2.56. The maximum absolute atomic E-state index is 14.0. The first-order valence-corrected chi connectivity index (χ1v) is 16.6. The normalized spacial score (nSPS) is 13.5. The lowest BCUT2D eigenvalue weighted by molar-refractivity contribution is -0.124. The summed E-state index contributed by atoms with van der Waals surface area (Å²) in [5.74, 6) is -4.34. The van der Waals surface area contributed by atoms with E-state index < -0.39 is 62.8 Å². The van der Waals surface area contributed by atoms with Crippen molar-refractivity contribution >= 4 is 21.7 Å². The lowest BCUT2D eigenvalue weighted by atomic mass is 10.00. The highest BCUT2D eigenvalue weighted by Crippen LogP contribution is 2.13. The predicted octanol–water partition coefficient (Wildman–Crippen LogP) is 2.41. The fourth-order valence-electron chi connectivity index (χ4n) is 4.69. The van der Waals surface area contributed by atoms with Crippen molar-refractivity contribution in [3.05, 3.63) is 105 Å². The summed E-state index contributed by atoms with van der Waals surface area (Å²) in [6.45, 7) is 4.22. The third-order valence-corrected chi connectivity index (χ3v) is 8.90. The van der Waals surface area contributed by atoms with Gasteiger partial charge in [-0.25, -0.2) is 17.2 Å². The van der Waals surface area contributed by atoms with Gasteiger partial charge < -0.3 is 26.0 Å². The van der Waals surface area contributed by atoms with Crippen molar-refractivity contribution in [1.82, 2.24) is 20.9 Å². The summed E-state index contributed by atoms with van der Waals surface area (Å²) in [6, 6.07) is 10.3. The summed E-state index contributed by atoms with van der Waals surface area (Å²) < 4.78 is 53.7. The first-order chi connectivity index (χ1) is 21.4. The van der Waals surface area contributed by atoms with E-state index in [-0.39, 0.29) is 29.8 Å². The molecule has 1 aromatic heterocycles. The van der Waals surface area contributed by atoms with E-state index in [2.05, 4.69) is 20.9 Å². The fraction of sp³-hybridized carbons (Fsp3) is 0.406. The van der Waals surface area contributed by atoms with E-state index >= 15 is 0 Å². The summed E-state index contributed by atoms with van der Waals surface area (Å²) in [6.07, 6.45) is 1.45. The monoisotopic (exact) mass is 646 g/mol. The molecule has 0 fully saturated rings. The molecule has 0 saturated carbocycles. The Kier molecular flexibility index (Phi) is 13.4. The van der Waals surface area contributed by atoms with Gasteiger partial charge in [0.1, 0.15) is 17.7 Å². The van der Waals surface area contributed by atoms with Crippen LogP contribution >= 0.6 is 0 Å². The molecule has 3 aromatic rings. The molecule has 2 aromatic carbocycles. The molecule has 0 radical (unpaired) electrons. The summed E-state index contributed by atoms with van der Waals surface area (Å²) in [4.78, 5) is 40.3. The quantitative estimate of drug-likeness (QED) is 0.151. The van der Waals surface area contributed by atoms with Gasteiger partial charge in [0.05, 0.1) is 29.2 Å². The van der Waals surface area contributed by atoms with Gasteiger partial charge in [0, 0.05) is 31.4 Å². The minimum atomic E-state index is -3.81. The van der Waals surface area contributed by atoms with Gasteiger partial charge >= 0.3 is 0 Å². The SMILES string of the molecule is CCCCS(=O)(=O)C[C@@H](NC(=O)c1ccc(=O)[nH]c1)C(=O)N[C@@H](Cc1cc(F)cc(F)c1)[C@H](O)CNCc1cccc(CC)c1. The zero-order chi connectivity index (χ0) is 33.0. The van der Waals surface area contributed by atoms with Gasteiger partial charge in [0.25, 0.3) is 5.91 Å². The summed E-state index contributed by atoms with van der Waals surface area (Å²) in [7, 11) is -3.81. The molecular weight excluding hydrogens is 606 g/mol. The molecule has 5 N–H and O–H groups in total. The molecule has 0 unspecified atom stereocenters. The van der Waals surface area contributed by atoms with Crippen molar-refractivity contribution in [3.63, 3.8) is 0 Å². The molecule has 244 valence electrons. The molecule has 1 heterocycles. The number of aliphatic hydroxyl groups is 1. The third-order valence-electron chi connectivity index (χ3n) is 7.15. The number of unbranched alkanes of at least 4 members (excludes halogenated alkanes) is 1. The van der Waals surface area contributed by atoms with E-state index in [4.69, 9.17) is 0 Å². The van der Waals surface area contributed by atoms with E-state index in [1.54, 1.807) is 0 Å². The van der Waals surface area contributed by atoms with E-state index in [9.17, 15) is 36.7 Å². The summed E-state index contributed by atoms with van der Waals surface area (Å²) >= 11 is 0. The molecule has 0 aliphatic carbocycles. The Hall–Kier alpha value is -3.94. The number of carbonyl (C=O) groups is 2. The number of amides is 2. The van der Waals surface area contributed by atoms with Crippen LogP contribution in [0, 0.1) is 11.6 Å². The number of nitrogens with one attached hydrogen (secondary N) is 4. The number of sulfone groups is 1. The molecule has 0 spiro atoms. The van der Waals surface area contributed by atoms with Crippen LogP contribution in [0.5, 0.6) is 0 Å². The van der Waals surface area contributed by atoms with Gasteiger partial charge in [0.15, 0.2) is 9.84 Å². The van der Waals surface area contributed by atoms with Crippen LogP contribution in [-0.2, 0) is 34.0 Å². The van der Waals surface area contributed by atoms with Gasteiger partial charge in [-0.2, -0.15) is 0 Å². The first kappa shape index (κ1) is 35.5. The topological polar surface area (TPSA) is 157 Å². The Morgan fingerprint density at radius 1 is 0.956 bits per heavy atom. The summed E-state index contributed by atoms with van der Waals surface area (Å²) in [5.41, 5.74) is 1.78. The zero-order valence-electron chi connectivity index (χ0n) is 25.3. The van der Waals surface area contributed by atoms with E-state index in [0.29, 0.717) is 25.5 Å².